The Hall–Kier alpha value is -2.25. The predicted molar refractivity (Wildman–Crippen MR) is 95.5 cm³/mol. The number of thiophene rings is 1. The normalized spacial score (nSPS) is 10.9. The Morgan fingerprint density at radius 2 is 2.08 bits per heavy atom. The molecule has 2 aromatic heterocycles. The van der Waals surface area contributed by atoms with Crippen LogP contribution in [0.2, 0.25) is 0 Å². The molecule has 0 unspecified atom stereocenters. The van der Waals surface area contributed by atoms with E-state index in [0.717, 1.165) is 0 Å². The van der Waals surface area contributed by atoms with Gasteiger partial charge in [0.05, 0.1) is 11.1 Å². The molecule has 2 heterocycles. The molecule has 24 heavy (non-hydrogen) atoms. The van der Waals surface area contributed by atoms with Gasteiger partial charge in [-0.15, -0.1) is 17.9 Å². The van der Waals surface area contributed by atoms with E-state index in [1.54, 1.807) is 12.1 Å². The average Bonchev–Trinajstić information content (AvgIpc) is 3.05. The maximum Gasteiger partial charge on any atom is 0.263 e. The van der Waals surface area contributed by atoms with Crippen molar-refractivity contribution in [3.8, 4) is 0 Å². The number of aromatic nitrogens is 2. The topological polar surface area (TPSA) is 52.0 Å². The Labute approximate surface area is 145 Å². The molecular formula is C17H13FN2O2S2. The molecule has 0 bridgehead atoms. The molecule has 0 N–H and O–H groups in total. The molecule has 3 aromatic rings. The second kappa shape index (κ2) is 7.11. The Balaban J connectivity index is 1.87. The maximum absolute atomic E-state index is 12.9. The van der Waals surface area contributed by atoms with E-state index in [9.17, 15) is 14.0 Å². The van der Waals surface area contributed by atoms with Gasteiger partial charge in [0.15, 0.2) is 10.9 Å². The Morgan fingerprint density at radius 3 is 2.79 bits per heavy atom. The van der Waals surface area contributed by atoms with Crippen LogP contribution in [0.25, 0.3) is 10.2 Å². The highest BCUT2D eigenvalue weighted by Crippen LogP contribution is 2.22. The van der Waals surface area contributed by atoms with Crippen molar-refractivity contribution >= 4 is 39.1 Å². The van der Waals surface area contributed by atoms with Gasteiger partial charge in [-0.2, -0.15) is 0 Å². The fraction of sp³-hybridized carbons (Fsp3) is 0.118. The zero-order chi connectivity index (χ0) is 17.1. The molecule has 0 atom stereocenters. The van der Waals surface area contributed by atoms with Crippen LogP contribution in [0.3, 0.4) is 0 Å². The summed E-state index contributed by atoms with van der Waals surface area (Å²) in [5, 5.41) is 2.86. The molecular weight excluding hydrogens is 347 g/mol. The summed E-state index contributed by atoms with van der Waals surface area (Å²) in [6.07, 6.45) is 1.62. The first-order valence-corrected chi connectivity index (χ1v) is 8.97. The molecule has 0 saturated carbocycles. The number of fused-ring (bicyclic) bond motifs is 1. The number of halogens is 1. The molecule has 0 aliphatic carbocycles. The minimum Gasteiger partial charge on any atom is -0.293 e. The van der Waals surface area contributed by atoms with E-state index >= 15 is 0 Å². The number of allylic oxidation sites excluding steroid dienone is 1. The van der Waals surface area contributed by atoms with Crippen LogP contribution >= 0.6 is 23.1 Å². The van der Waals surface area contributed by atoms with Gasteiger partial charge in [0, 0.05) is 12.1 Å². The second-order valence-electron chi connectivity index (χ2n) is 4.96. The predicted octanol–water partition coefficient (Wildman–Crippen LogP) is 3.76. The van der Waals surface area contributed by atoms with Crippen LogP contribution in [-0.2, 0) is 6.54 Å². The fourth-order valence-electron chi connectivity index (χ4n) is 2.18. The fourth-order valence-corrected chi connectivity index (χ4v) is 3.89. The molecule has 0 radical (unpaired) electrons. The Kier molecular flexibility index (Phi) is 4.92. The number of rotatable bonds is 6. The molecule has 122 valence electrons. The van der Waals surface area contributed by atoms with Gasteiger partial charge in [-0.3, -0.25) is 14.2 Å². The summed E-state index contributed by atoms with van der Waals surface area (Å²) in [5.74, 6) is -0.416. The van der Waals surface area contributed by atoms with E-state index in [1.807, 2.05) is 5.38 Å². The van der Waals surface area contributed by atoms with Crippen molar-refractivity contribution in [2.24, 2.45) is 0 Å². The lowest BCUT2D eigenvalue weighted by molar-refractivity contribution is 0.102. The van der Waals surface area contributed by atoms with E-state index < -0.39 is 0 Å². The van der Waals surface area contributed by atoms with E-state index in [1.165, 1.54) is 51.9 Å². The van der Waals surface area contributed by atoms with Crippen molar-refractivity contribution in [3.63, 3.8) is 0 Å². The molecule has 0 aliphatic rings. The van der Waals surface area contributed by atoms with Crippen molar-refractivity contribution in [2.75, 3.05) is 5.75 Å². The summed E-state index contributed by atoms with van der Waals surface area (Å²) in [5.41, 5.74) is 0.289. The third-order valence-electron chi connectivity index (χ3n) is 3.36. The summed E-state index contributed by atoms with van der Waals surface area (Å²) in [6, 6.07) is 7.14. The van der Waals surface area contributed by atoms with Crippen LogP contribution in [0.4, 0.5) is 4.39 Å². The molecule has 0 saturated heterocycles. The molecule has 0 fully saturated rings. The molecule has 7 heteroatoms. The zero-order valence-electron chi connectivity index (χ0n) is 12.6. The highest BCUT2D eigenvalue weighted by molar-refractivity contribution is 7.99. The molecule has 3 rings (SSSR count). The number of benzene rings is 1. The van der Waals surface area contributed by atoms with E-state index in [-0.39, 0.29) is 22.9 Å². The van der Waals surface area contributed by atoms with Gasteiger partial charge in [0.1, 0.15) is 10.6 Å². The van der Waals surface area contributed by atoms with Crippen molar-refractivity contribution < 1.29 is 9.18 Å². The summed E-state index contributed by atoms with van der Waals surface area (Å²) in [7, 11) is 0. The van der Waals surface area contributed by atoms with Crippen LogP contribution < -0.4 is 5.56 Å². The van der Waals surface area contributed by atoms with Crippen molar-refractivity contribution in [1.29, 1.82) is 0 Å². The van der Waals surface area contributed by atoms with Crippen LogP contribution in [0.5, 0.6) is 0 Å². The molecule has 1 aromatic carbocycles. The number of carbonyl (C=O) groups excluding carboxylic acids is 1. The lowest BCUT2D eigenvalue weighted by Crippen LogP contribution is -2.22. The molecule has 0 amide bonds. The number of carbonyl (C=O) groups is 1. The van der Waals surface area contributed by atoms with Gasteiger partial charge in [-0.05, 0) is 35.7 Å². The number of Topliss-reactive ketones (excluding diaryl/α,β-unsaturated/α-hetero) is 1. The van der Waals surface area contributed by atoms with Gasteiger partial charge in [0.2, 0.25) is 0 Å². The zero-order valence-corrected chi connectivity index (χ0v) is 14.2. The number of ketones is 1. The quantitative estimate of drug-likeness (QED) is 0.291. The first kappa shape index (κ1) is 16.6. The van der Waals surface area contributed by atoms with E-state index in [4.69, 9.17) is 0 Å². The monoisotopic (exact) mass is 360 g/mol. The maximum atomic E-state index is 12.9. The van der Waals surface area contributed by atoms with Crippen molar-refractivity contribution in [3.05, 3.63) is 70.1 Å². The average molecular weight is 360 g/mol. The third kappa shape index (κ3) is 3.32. The van der Waals surface area contributed by atoms with Gasteiger partial charge in [0.25, 0.3) is 5.56 Å². The molecule has 0 aliphatic heterocycles. The van der Waals surface area contributed by atoms with Crippen LogP contribution in [0, 0.1) is 5.82 Å². The SMILES string of the molecule is C=CCn1c(SCC(=O)c2ccc(F)cc2)nc2sccc2c1=O. The summed E-state index contributed by atoms with van der Waals surface area (Å²) in [4.78, 5) is 29.8. The van der Waals surface area contributed by atoms with Crippen LogP contribution in [-0.4, -0.2) is 21.1 Å². The van der Waals surface area contributed by atoms with Crippen molar-refractivity contribution in [2.45, 2.75) is 11.7 Å². The Morgan fingerprint density at radius 1 is 1.33 bits per heavy atom. The minimum atomic E-state index is -0.385. The largest absolute Gasteiger partial charge is 0.293 e. The van der Waals surface area contributed by atoms with Gasteiger partial charge >= 0.3 is 0 Å². The van der Waals surface area contributed by atoms with E-state index in [2.05, 4.69) is 11.6 Å². The summed E-state index contributed by atoms with van der Waals surface area (Å²) in [6.45, 7) is 3.98. The highest BCUT2D eigenvalue weighted by atomic mass is 32.2. The third-order valence-corrected chi connectivity index (χ3v) is 5.14. The first-order valence-electron chi connectivity index (χ1n) is 7.10. The minimum absolute atomic E-state index is 0.117. The van der Waals surface area contributed by atoms with Gasteiger partial charge in [-0.25, -0.2) is 9.37 Å². The smallest absolute Gasteiger partial charge is 0.263 e. The lowest BCUT2D eigenvalue weighted by atomic mass is 10.1. The summed E-state index contributed by atoms with van der Waals surface area (Å²) >= 11 is 2.58. The number of thioether (sulfide) groups is 1. The van der Waals surface area contributed by atoms with E-state index in [0.29, 0.717) is 27.5 Å². The first-order chi connectivity index (χ1) is 11.6. The second-order valence-corrected chi connectivity index (χ2v) is 6.79. The molecule has 4 nitrogen and oxygen atoms in total. The Bertz CT molecular complexity index is 961. The van der Waals surface area contributed by atoms with Crippen LogP contribution in [0.1, 0.15) is 10.4 Å². The summed E-state index contributed by atoms with van der Waals surface area (Å²) < 4.78 is 14.4. The van der Waals surface area contributed by atoms with Crippen molar-refractivity contribution in [1.82, 2.24) is 9.55 Å². The number of hydrogen-bond donors (Lipinski definition) is 0. The number of hydrogen-bond acceptors (Lipinski definition) is 5. The highest BCUT2D eigenvalue weighted by Gasteiger charge is 2.14. The number of nitrogens with zero attached hydrogens (tertiary/aromatic N) is 2. The molecule has 0 spiro atoms. The standard InChI is InChI=1S/C17H13FN2O2S2/c1-2-8-20-16(22)13-7-9-23-15(13)19-17(20)24-10-14(21)11-3-5-12(18)6-4-11/h2-7,9H,1,8,10H2. The van der Waals surface area contributed by atoms with Gasteiger partial charge < -0.3 is 0 Å². The van der Waals surface area contributed by atoms with Crippen LogP contribution in [0.15, 0.2) is 58.3 Å². The van der Waals surface area contributed by atoms with Gasteiger partial charge in [-0.1, -0.05) is 17.8 Å². The lowest BCUT2D eigenvalue weighted by Gasteiger charge is -2.09.